The lowest BCUT2D eigenvalue weighted by molar-refractivity contribution is -0.392. The van der Waals surface area contributed by atoms with Crippen molar-refractivity contribution in [1.82, 2.24) is 0 Å². The molecule has 1 saturated heterocycles. The van der Waals surface area contributed by atoms with Gasteiger partial charge >= 0.3 is 11.4 Å². The average Bonchev–Trinajstić information content (AvgIpc) is 3.30. The highest BCUT2D eigenvalue weighted by atomic mass is 79.9. The van der Waals surface area contributed by atoms with Crippen LogP contribution in [-0.2, 0) is 19.2 Å². The van der Waals surface area contributed by atoms with Gasteiger partial charge < -0.3 is 14.7 Å². The first-order valence-electron chi connectivity index (χ1n) is 14.6. The van der Waals surface area contributed by atoms with Crippen LogP contribution in [0.15, 0.2) is 61.6 Å². The molecule has 4 atom stereocenters. The number of allylic oxidation sites excluding steroid dienone is 6. The molecule has 2 amide bonds. The van der Waals surface area contributed by atoms with E-state index < -0.39 is 56.7 Å². The van der Waals surface area contributed by atoms with Crippen molar-refractivity contribution in [2.24, 2.45) is 17.8 Å². The van der Waals surface area contributed by atoms with E-state index >= 15 is 0 Å². The van der Waals surface area contributed by atoms with E-state index in [0.29, 0.717) is 15.6 Å². The highest BCUT2D eigenvalue weighted by Crippen LogP contribution is 2.58. The van der Waals surface area contributed by atoms with Crippen LogP contribution in [0.4, 0.5) is 22.7 Å². The minimum Gasteiger partial charge on any atom is -0.503 e. The number of ketones is 2. The standard InChI is InChI=1S/C32H26Br2N4O10/c1-12-7-21(39)25-18(29(12)40)10-16-14(23(25)17-11-22(48-4)30(41)27(34)26(17)33)5-6-15-24(16)32(43)36(31(15)42)13-8-19(37(44)45)28(35(2)3)20(9-13)38(46)47/h5,7-9,11,15-16,23-24,41H,6,10H2,1-4H3/t15-,16+,23+,24-/m0/s1. The number of fused-ring (bicyclic) bond motifs is 3. The number of imide groups is 1. The van der Waals surface area contributed by atoms with Crippen LogP contribution < -0.4 is 14.5 Å². The third kappa shape index (κ3) is 4.79. The lowest BCUT2D eigenvalue weighted by Crippen LogP contribution is -2.40. The monoisotopic (exact) mass is 784 g/mol. The summed E-state index contributed by atoms with van der Waals surface area (Å²) in [5.74, 6) is -5.91. The van der Waals surface area contributed by atoms with Gasteiger partial charge in [-0.25, -0.2) is 4.90 Å². The number of phenols is 1. The van der Waals surface area contributed by atoms with Crippen LogP contribution >= 0.6 is 31.9 Å². The van der Waals surface area contributed by atoms with E-state index in [1.54, 1.807) is 6.08 Å². The Labute approximate surface area is 289 Å². The zero-order chi connectivity index (χ0) is 35.1. The number of halogens is 2. The topological polar surface area (TPSA) is 190 Å². The fourth-order valence-electron chi connectivity index (χ4n) is 7.42. The van der Waals surface area contributed by atoms with Gasteiger partial charge in [0.05, 0.1) is 39.0 Å². The second-order valence-corrected chi connectivity index (χ2v) is 13.7. The van der Waals surface area contributed by atoms with Crippen LogP contribution in [0.1, 0.15) is 31.2 Å². The lowest BCUT2D eigenvalue weighted by Gasteiger charge is -2.42. The summed E-state index contributed by atoms with van der Waals surface area (Å²) in [5.41, 5.74) is -0.221. The van der Waals surface area contributed by atoms with Gasteiger partial charge in [-0.05, 0) is 75.2 Å². The molecule has 1 fully saturated rings. The van der Waals surface area contributed by atoms with Crippen molar-refractivity contribution < 1.29 is 38.9 Å². The molecule has 48 heavy (non-hydrogen) atoms. The first-order valence-corrected chi connectivity index (χ1v) is 16.2. The molecule has 0 spiro atoms. The van der Waals surface area contributed by atoms with Crippen LogP contribution in [-0.4, -0.2) is 59.5 Å². The summed E-state index contributed by atoms with van der Waals surface area (Å²) in [4.78, 5) is 80.0. The first kappa shape index (κ1) is 33.2. The van der Waals surface area contributed by atoms with E-state index in [9.17, 15) is 44.5 Å². The fourth-order valence-corrected chi connectivity index (χ4v) is 8.38. The Kier molecular flexibility index (Phi) is 8.14. The number of amides is 2. The number of carbonyl (C=O) groups is 4. The third-order valence-electron chi connectivity index (χ3n) is 9.42. The molecule has 16 heteroatoms. The van der Waals surface area contributed by atoms with Crippen molar-refractivity contribution in [1.29, 1.82) is 0 Å². The first-order chi connectivity index (χ1) is 22.6. The number of methoxy groups -OCH3 is 1. The Morgan fingerprint density at radius 3 is 2.17 bits per heavy atom. The molecule has 2 aromatic carbocycles. The Hall–Kier alpha value is -4.70. The molecule has 1 heterocycles. The summed E-state index contributed by atoms with van der Waals surface area (Å²) < 4.78 is 6.00. The van der Waals surface area contributed by atoms with E-state index in [1.165, 1.54) is 45.2 Å². The number of benzene rings is 2. The number of nitrogens with zero attached hydrogens (tertiary/aromatic N) is 4. The van der Waals surface area contributed by atoms with Crippen molar-refractivity contribution in [3.63, 3.8) is 0 Å². The van der Waals surface area contributed by atoms with Crippen LogP contribution in [0.5, 0.6) is 11.5 Å². The van der Waals surface area contributed by atoms with Gasteiger partial charge in [-0.1, -0.05) is 11.6 Å². The maximum Gasteiger partial charge on any atom is 0.301 e. The number of Topliss-reactive ketones (excluding diaryl/α,β-unsaturated/α-hetero) is 1. The van der Waals surface area contributed by atoms with Crippen LogP contribution in [0.2, 0.25) is 0 Å². The number of anilines is 2. The van der Waals surface area contributed by atoms with Crippen molar-refractivity contribution in [2.75, 3.05) is 31.0 Å². The Balaban J connectivity index is 1.52. The van der Waals surface area contributed by atoms with Gasteiger partial charge in [-0.2, -0.15) is 0 Å². The molecule has 3 aliphatic carbocycles. The Morgan fingerprint density at radius 1 is 0.979 bits per heavy atom. The van der Waals surface area contributed by atoms with Crippen LogP contribution in [0, 0.1) is 38.0 Å². The summed E-state index contributed by atoms with van der Waals surface area (Å²) in [6.45, 7) is 1.52. The molecular formula is C32H26Br2N4O10. The average molecular weight is 786 g/mol. The SMILES string of the molecule is COc1cc([C@H]2C3=CC[C@@H]4C(=O)N(c5cc([N+](=O)[O-])c(N(C)C)c([N+](=O)[O-])c5)C(=O)[C@@H]4[C@@H]3CC3=C2C(=O)C=C(C)C3=O)c(Br)c(Br)c1O. The quantitative estimate of drug-likeness (QED) is 0.129. The zero-order valence-corrected chi connectivity index (χ0v) is 28.9. The van der Waals surface area contributed by atoms with Gasteiger partial charge in [-0.15, -0.1) is 0 Å². The van der Waals surface area contributed by atoms with E-state index in [4.69, 9.17) is 4.74 Å². The van der Waals surface area contributed by atoms with Crippen molar-refractivity contribution in [2.45, 2.75) is 25.7 Å². The summed E-state index contributed by atoms with van der Waals surface area (Å²) >= 11 is 6.88. The maximum atomic E-state index is 14.3. The second kappa shape index (κ2) is 11.8. The summed E-state index contributed by atoms with van der Waals surface area (Å²) in [5, 5.41) is 34.7. The molecule has 0 saturated carbocycles. The molecule has 248 valence electrons. The van der Waals surface area contributed by atoms with Gasteiger partial charge in [-0.3, -0.25) is 39.4 Å². The van der Waals surface area contributed by atoms with Crippen LogP contribution in [0.25, 0.3) is 0 Å². The van der Waals surface area contributed by atoms with Crippen molar-refractivity contribution >= 4 is 78.0 Å². The highest BCUT2D eigenvalue weighted by Gasteiger charge is 2.57. The normalized spacial score (nSPS) is 23.3. The Bertz CT molecular complexity index is 1980. The smallest absolute Gasteiger partial charge is 0.301 e. The summed E-state index contributed by atoms with van der Waals surface area (Å²) in [7, 11) is 4.16. The molecule has 1 aliphatic heterocycles. The van der Waals surface area contributed by atoms with Gasteiger partial charge in [0.25, 0.3) is 0 Å². The zero-order valence-electron chi connectivity index (χ0n) is 25.8. The van der Waals surface area contributed by atoms with Crippen molar-refractivity contribution in [3.05, 3.63) is 87.4 Å². The molecule has 0 bridgehead atoms. The van der Waals surface area contributed by atoms with Gasteiger partial charge in [0.1, 0.15) is 0 Å². The summed E-state index contributed by atoms with van der Waals surface area (Å²) in [6, 6.07) is 3.49. The van der Waals surface area contributed by atoms with Crippen LogP contribution in [0.3, 0.4) is 0 Å². The largest absolute Gasteiger partial charge is 0.503 e. The molecule has 0 aromatic heterocycles. The predicted octanol–water partition coefficient (Wildman–Crippen LogP) is 5.44. The molecule has 6 rings (SSSR count). The fraction of sp³-hybridized carbons (Fsp3) is 0.312. The number of ether oxygens (including phenoxy) is 1. The third-order valence-corrected chi connectivity index (χ3v) is 11.6. The number of nitro groups is 2. The highest BCUT2D eigenvalue weighted by molar-refractivity contribution is 9.13. The van der Waals surface area contributed by atoms with Gasteiger partial charge in [0.15, 0.2) is 28.8 Å². The minimum absolute atomic E-state index is 0.0324. The lowest BCUT2D eigenvalue weighted by atomic mass is 9.59. The molecule has 0 radical (unpaired) electrons. The van der Waals surface area contributed by atoms with E-state index in [1.807, 2.05) is 0 Å². The predicted molar refractivity (Wildman–Crippen MR) is 178 cm³/mol. The molecule has 0 unspecified atom stereocenters. The number of hydrogen-bond acceptors (Lipinski definition) is 11. The molecule has 4 aliphatic rings. The number of hydrogen-bond donors (Lipinski definition) is 1. The van der Waals surface area contributed by atoms with E-state index in [-0.39, 0.29) is 68.5 Å². The van der Waals surface area contributed by atoms with E-state index in [0.717, 1.165) is 17.0 Å². The maximum absolute atomic E-state index is 14.3. The number of carbonyl (C=O) groups excluding carboxylic acids is 4. The van der Waals surface area contributed by atoms with Crippen molar-refractivity contribution in [3.8, 4) is 11.5 Å². The second-order valence-electron chi connectivity index (χ2n) is 12.1. The number of aromatic hydroxyl groups is 1. The molecule has 1 N–H and O–H groups in total. The summed E-state index contributed by atoms with van der Waals surface area (Å²) in [6.07, 6.45) is 3.07. The Morgan fingerprint density at radius 2 is 1.60 bits per heavy atom. The number of phenolic OH excluding ortho intramolecular Hbond substituents is 1. The molecule has 14 nitrogen and oxygen atoms in total. The number of nitro benzene ring substituents is 2. The van der Waals surface area contributed by atoms with Gasteiger partial charge in [0, 0.05) is 53.3 Å². The minimum atomic E-state index is -1.05. The molecule has 2 aromatic rings. The molecular weight excluding hydrogens is 760 g/mol. The number of rotatable bonds is 6. The van der Waals surface area contributed by atoms with Gasteiger partial charge in [0.2, 0.25) is 11.8 Å². The van der Waals surface area contributed by atoms with E-state index in [2.05, 4.69) is 31.9 Å².